The molecular formula is C22H34F12N4O4P2. The SMILES string of the molecule is C1=C(N2CCOCC2)C(=[N+]2CCOCC2)C=C(N2CCOCC2)C1=[N+]1CCOCC1.F[P-](F)(F)(F)(F)F.F[P-](F)(F)(F)(F)F. The Morgan fingerprint density at radius 3 is 0.909 bits per heavy atom. The molecule has 8 nitrogen and oxygen atoms in total. The van der Waals surface area contributed by atoms with Crippen LogP contribution in [0.15, 0.2) is 23.5 Å². The van der Waals surface area contributed by atoms with Crippen LogP contribution < -0.4 is 0 Å². The zero-order valence-electron chi connectivity index (χ0n) is 23.3. The van der Waals surface area contributed by atoms with Crippen LogP contribution in [0.2, 0.25) is 0 Å². The Labute approximate surface area is 244 Å². The molecule has 4 aliphatic heterocycles. The molecule has 5 aliphatic rings. The molecular weight excluding hydrogens is 674 g/mol. The molecule has 22 heteroatoms. The van der Waals surface area contributed by atoms with Crippen LogP contribution in [0.25, 0.3) is 0 Å². The predicted molar refractivity (Wildman–Crippen MR) is 140 cm³/mol. The second-order valence-electron chi connectivity index (χ2n) is 10.1. The first-order valence-corrected chi connectivity index (χ1v) is 17.5. The van der Waals surface area contributed by atoms with E-state index in [-0.39, 0.29) is 0 Å². The van der Waals surface area contributed by atoms with Gasteiger partial charge in [-0.25, -0.2) is 9.15 Å². The molecule has 0 amide bonds. The molecule has 260 valence electrons. The van der Waals surface area contributed by atoms with E-state index in [0.717, 1.165) is 105 Å². The molecule has 0 aromatic carbocycles. The molecule has 0 N–H and O–H groups in total. The Kier molecular flexibility index (Phi) is 10.1. The fourth-order valence-corrected chi connectivity index (χ4v) is 4.78. The van der Waals surface area contributed by atoms with E-state index >= 15 is 0 Å². The van der Waals surface area contributed by atoms with Gasteiger partial charge >= 0.3 is 66.0 Å². The third kappa shape index (κ3) is 16.0. The number of halogens is 12. The van der Waals surface area contributed by atoms with Crippen LogP contribution in [0.5, 0.6) is 0 Å². The van der Waals surface area contributed by atoms with Crippen LogP contribution in [0.4, 0.5) is 50.4 Å². The number of nitrogens with zero attached hydrogens (tertiary/aromatic N) is 4. The van der Waals surface area contributed by atoms with Crippen molar-refractivity contribution in [3.63, 3.8) is 0 Å². The normalized spacial score (nSPS) is 25.5. The van der Waals surface area contributed by atoms with Crippen molar-refractivity contribution in [3.05, 3.63) is 23.5 Å². The molecule has 0 unspecified atom stereocenters. The monoisotopic (exact) mass is 708 g/mol. The average molecular weight is 708 g/mol. The van der Waals surface area contributed by atoms with Gasteiger partial charge in [-0.15, -0.1) is 0 Å². The number of ether oxygens (including phenoxy) is 4. The van der Waals surface area contributed by atoms with Gasteiger partial charge in [-0.2, -0.15) is 0 Å². The van der Waals surface area contributed by atoms with Gasteiger partial charge in [0.15, 0.2) is 26.2 Å². The molecule has 4 heterocycles. The van der Waals surface area contributed by atoms with Gasteiger partial charge in [0.25, 0.3) is 0 Å². The van der Waals surface area contributed by atoms with Crippen LogP contribution in [-0.2, 0) is 18.9 Å². The summed E-state index contributed by atoms with van der Waals surface area (Å²) < 4.78 is 146. The summed E-state index contributed by atoms with van der Waals surface area (Å²) in [6, 6.07) is 0. The number of rotatable bonds is 2. The fraction of sp³-hybridized carbons (Fsp3) is 0.727. The topological polar surface area (TPSA) is 49.4 Å². The van der Waals surface area contributed by atoms with Crippen molar-refractivity contribution in [2.75, 3.05) is 105 Å². The van der Waals surface area contributed by atoms with E-state index in [9.17, 15) is 50.4 Å². The van der Waals surface area contributed by atoms with Gasteiger partial charge in [-0.3, -0.25) is 0 Å². The van der Waals surface area contributed by atoms with Crippen LogP contribution in [0, 0.1) is 0 Å². The van der Waals surface area contributed by atoms with Gasteiger partial charge in [-0.1, -0.05) is 0 Å². The first-order valence-electron chi connectivity index (χ1n) is 13.4. The summed E-state index contributed by atoms with van der Waals surface area (Å²) in [5.41, 5.74) is 5.33. The van der Waals surface area contributed by atoms with Crippen LogP contribution in [0.1, 0.15) is 0 Å². The van der Waals surface area contributed by atoms with E-state index in [1.165, 1.54) is 22.8 Å². The Morgan fingerprint density at radius 1 is 0.432 bits per heavy atom. The van der Waals surface area contributed by atoms with Gasteiger partial charge in [0.05, 0.1) is 26.4 Å². The van der Waals surface area contributed by atoms with Gasteiger partial charge in [-0.05, 0) is 0 Å². The first kappa shape index (κ1) is 36.7. The number of morpholine rings is 4. The summed E-state index contributed by atoms with van der Waals surface area (Å²) in [5.74, 6) is 0. The summed E-state index contributed by atoms with van der Waals surface area (Å²) in [6.07, 6.45) is 4.87. The molecule has 1 aliphatic carbocycles. The van der Waals surface area contributed by atoms with Crippen LogP contribution in [-0.4, -0.2) is 136 Å². The van der Waals surface area contributed by atoms with Gasteiger partial charge < -0.3 is 28.7 Å². The predicted octanol–water partition coefficient (Wildman–Crippen LogP) is 6.16. The fourth-order valence-electron chi connectivity index (χ4n) is 4.78. The van der Waals surface area contributed by atoms with E-state index in [1.54, 1.807) is 0 Å². The molecule has 0 saturated carbocycles. The molecule has 44 heavy (non-hydrogen) atoms. The molecule has 0 aromatic rings. The Bertz CT molecular complexity index is 1050. The van der Waals surface area contributed by atoms with Gasteiger partial charge in [0, 0.05) is 38.3 Å². The summed E-state index contributed by atoms with van der Waals surface area (Å²) in [4.78, 5) is 5.00. The second-order valence-corrected chi connectivity index (χ2v) is 14.0. The van der Waals surface area contributed by atoms with E-state index in [0.29, 0.717) is 0 Å². The maximum atomic E-state index is 9.87. The molecule has 0 spiro atoms. The van der Waals surface area contributed by atoms with Crippen molar-refractivity contribution >= 4 is 27.0 Å². The number of hydrogen-bond acceptors (Lipinski definition) is 6. The van der Waals surface area contributed by atoms with Gasteiger partial charge in [0.2, 0.25) is 11.4 Å². The summed E-state index contributed by atoms with van der Waals surface area (Å²) in [5, 5.41) is 0. The molecule has 4 saturated heterocycles. The summed E-state index contributed by atoms with van der Waals surface area (Å²) in [6.45, 7) is 13.9. The van der Waals surface area contributed by atoms with Crippen LogP contribution in [0.3, 0.4) is 0 Å². The van der Waals surface area contributed by atoms with Crippen molar-refractivity contribution < 1.29 is 78.5 Å². The van der Waals surface area contributed by atoms with E-state index < -0.39 is 15.6 Å². The van der Waals surface area contributed by atoms with Crippen molar-refractivity contribution in [2.24, 2.45) is 0 Å². The van der Waals surface area contributed by atoms with Crippen molar-refractivity contribution in [2.45, 2.75) is 0 Å². The van der Waals surface area contributed by atoms with E-state index in [1.807, 2.05) is 0 Å². The Hall–Kier alpha value is -1.72. The standard InChI is InChI=1S/C22H34N4O4.2F6P/c1-9-27-10-2-23(1)19-17-21(25-5-13-29-14-6-25)22(26-7-15-30-16-8-26)18-20(19)24-3-11-28-12-4-24;2*1-7(2,3,4,5)6/h17-18H,1-16H2;;/q+2;2*-1. The van der Waals surface area contributed by atoms with E-state index in [4.69, 9.17) is 18.9 Å². The van der Waals surface area contributed by atoms with E-state index in [2.05, 4.69) is 31.1 Å². The van der Waals surface area contributed by atoms with Crippen molar-refractivity contribution in [1.29, 1.82) is 0 Å². The maximum absolute atomic E-state index is 10.7. The van der Waals surface area contributed by atoms with Crippen molar-refractivity contribution in [1.82, 2.24) is 9.80 Å². The first-order chi connectivity index (χ1) is 19.8. The van der Waals surface area contributed by atoms with Gasteiger partial charge in [0.1, 0.15) is 37.8 Å². The number of hydrogen-bond donors (Lipinski definition) is 0. The molecule has 0 aromatic heterocycles. The van der Waals surface area contributed by atoms with Crippen molar-refractivity contribution in [3.8, 4) is 0 Å². The molecule has 0 atom stereocenters. The summed E-state index contributed by atoms with van der Waals surface area (Å²) in [7, 11) is -21.3. The summed E-state index contributed by atoms with van der Waals surface area (Å²) >= 11 is 0. The third-order valence-electron chi connectivity index (χ3n) is 6.48. The Morgan fingerprint density at radius 2 is 0.659 bits per heavy atom. The molecule has 0 bridgehead atoms. The molecule has 5 rings (SSSR count). The molecule has 4 fully saturated rings. The minimum absolute atomic E-state index is 0.792. The zero-order valence-corrected chi connectivity index (χ0v) is 25.1. The minimum atomic E-state index is -10.7. The second kappa shape index (κ2) is 12.1. The number of allylic oxidation sites excluding steroid dienone is 2. The third-order valence-corrected chi connectivity index (χ3v) is 6.48. The molecule has 0 radical (unpaired) electrons. The van der Waals surface area contributed by atoms with Crippen LogP contribution >= 0.6 is 15.6 Å². The average Bonchev–Trinajstić information content (AvgIpc) is 2.91. The quantitative estimate of drug-likeness (QED) is 0.148. The Balaban J connectivity index is 0.000000317. The zero-order chi connectivity index (χ0) is 33.0.